The van der Waals surface area contributed by atoms with Gasteiger partial charge < -0.3 is 10.4 Å². The molecule has 1 aliphatic rings. The molecule has 0 saturated carbocycles. The average Bonchev–Trinajstić information content (AvgIpc) is 2.60. The number of hydrogen-bond donors (Lipinski definition) is 2. The van der Waals surface area contributed by atoms with Crippen molar-refractivity contribution in [1.29, 1.82) is 0 Å². The van der Waals surface area contributed by atoms with Crippen LogP contribution in [-0.4, -0.2) is 42.3 Å². The van der Waals surface area contributed by atoms with Gasteiger partial charge >= 0.3 is 0 Å². The summed E-state index contributed by atoms with van der Waals surface area (Å²) in [5, 5.41) is 12.4. The fourth-order valence-corrected chi connectivity index (χ4v) is 2.95. The largest absolute Gasteiger partial charge is 0.396 e. The number of nitrogens with one attached hydrogen (secondary N) is 1. The monoisotopic (exact) mass is 394 g/mol. The van der Waals surface area contributed by atoms with E-state index in [2.05, 4.69) is 56.5 Å². The van der Waals surface area contributed by atoms with E-state index in [1.165, 1.54) is 11.6 Å². The molecule has 1 heterocycles. The van der Waals surface area contributed by atoms with Gasteiger partial charge in [0.15, 0.2) is 0 Å². The number of halogens is 2. The molecule has 0 aromatic heterocycles. The lowest BCUT2D eigenvalue weighted by molar-refractivity contribution is 0.168. The van der Waals surface area contributed by atoms with Gasteiger partial charge in [-0.3, -0.25) is 4.90 Å². The Balaban J connectivity index is 0.000000219. The number of aliphatic hydroxyl groups excluding tert-OH is 1. The van der Waals surface area contributed by atoms with Crippen molar-refractivity contribution in [2.75, 3.05) is 26.2 Å². The maximum atomic E-state index is 12.3. The van der Waals surface area contributed by atoms with Gasteiger partial charge in [-0.25, -0.2) is 4.39 Å². The summed E-state index contributed by atoms with van der Waals surface area (Å²) in [7, 11) is 0. The SMILES string of the molecule is Fc1ccccc1Br.OCCC1CN(Cc2ccccc2)CCN1. The van der Waals surface area contributed by atoms with E-state index in [9.17, 15) is 4.39 Å². The number of benzene rings is 2. The van der Waals surface area contributed by atoms with Crippen LogP contribution in [0.1, 0.15) is 12.0 Å². The first-order chi connectivity index (χ1) is 11.7. The Bertz CT molecular complexity index is 574. The third-order valence-corrected chi connectivity index (χ3v) is 4.53. The van der Waals surface area contributed by atoms with E-state index >= 15 is 0 Å². The van der Waals surface area contributed by atoms with Gasteiger partial charge in [-0.2, -0.15) is 0 Å². The summed E-state index contributed by atoms with van der Waals surface area (Å²) in [6.07, 6.45) is 0.852. The van der Waals surface area contributed by atoms with E-state index in [1.54, 1.807) is 18.2 Å². The van der Waals surface area contributed by atoms with Crippen molar-refractivity contribution in [2.45, 2.75) is 19.0 Å². The van der Waals surface area contributed by atoms with Gasteiger partial charge in [0.25, 0.3) is 0 Å². The maximum absolute atomic E-state index is 12.3. The predicted octanol–water partition coefficient (Wildman–Crippen LogP) is 3.43. The summed E-state index contributed by atoms with van der Waals surface area (Å²) < 4.78 is 12.8. The summed E-state index contributed by atoms with van der Waals surface area (Å²) >= 11 is 3.02. The molecule has 5 heteroatoms. The van der Waals surface area contributed by atoms with E-state index in [-0.39, 0.29) is 12.4 Å². The van der Waals surface area contributed by atoms with Gasteiger partial charge in [0.05, 0.1) is 4.47 Å². The van der Waals surface area contributed by atoms with Crippen molar-refractivity contribution in [2.24, 2.45) is 0 Å². The van der Waals surface area contributed by atoms with Gasteiger partial charge in [0, 0.05) is 38.8 Å². The van der Waals surface area contributed by atoms with E-state index in [0.29, 0.717) is 10.5 Å². The first-order valence-electron chi connectivity index (χ1n) is 8.19. The topological polar surface area (TPSA) is 35.5 Å². The lowest BCUT2D eigenvalue weighted by Gasteiger charge is -2.33. The molecule has 1 atom stereocenters. The number of piperazine rings is 1. The molecule has 2 aromatic carbocycles. The van der Waals surface area contributed by atoms with Crippen molar-refractivity contribution < 1.29 is 9.50 Å². The molecule has 0 spiro atoms. The molecule has 1 aliphatic heterocycles. The average molecular weight is 395 g/mol. The van der Waals surface area contributed by atoms with Gasteiger partial charge in [-0.15, -0.1) is 0 Å². The highest BCUT2D eigenvalue weighted by Crippen LogP contribution is 2.12. The molecule has 0 amide bonds. The molecule has 0 aliphatic carbocycles. The fraction of sp³-hybridized carbons (Fsp3) is 0.368. The van der Waals surface area contributed by atoms with Crippen molar-refractivity contribution in [3.8, 4) is 0 Å². The molecule has 1 unspecified atom stereocenters. The second-order valence-corrected chi connectivity index (χ2v) is 6.65. The summed E-state index contributed by atoms with van der Waals surface area (Å²) in [6.45, 7) is 4.45. The Kier molecular flexibility index (Phi) is 8.39. The second-order valence-electron chi connectivity index (χ2n) is 5.80. The standard InChI is InChI=1S/C13H20N2O.C6H4BrF/c16-9-6-13-11-15(8-7-14-13)10-12-4-2-1-3-5-12;7-5-3-1-2-4-6(5)8/h1-5,13-14,16H,6-11H2;1-4H. The zero-order chi connectivity index (χ0) is 17.2. The normalized spacial score (nSPS) is 17.9. The summed E-state index contributed by atoms with van der Waals surface area (Å²) in [5.74, 6) is -0.215. The van der Waals surface area contributed by atoms with Gasteiger partial charge in [-0.05, 0) is 40.0 Å². The van der Waals surface area contributed by atoms with E-state index in [4.69, 9.17) is 5.11 Å². The highest BCUT2D eigenvalue weighted by molar-refractivity contribution is 9.10. The summed E-state index contributed by atoms with van der Waals surface area (Å²) in [4.78, 5) is 2.45. The molecule has 1 fully saturated rings. The van der Waals surface area contributed by atoms with Crippen LogP contribution >= 0.6 is 15.9 Å². The van der Waals surface area contributed by atoms with Crippen LogP contribution in [0.25, 0.3) is 0 Å². The third-order valence-electron chi connectivity index (χ3n) is 3.89. The van der Waals surface area contributed by atoms with E-state index < -0.39 is 0 Å². The van der Waals surface area contributed by atoms with Crippen LogP contribution in [0, 0.1) is 5.82 Å². The minimum atomic E-state index is -0.215. The second kappa shape index (κ2) is 10.6. The lowest BCUT2D eigenvalue weighted by atomic mass is 10.1. The van der Waals surface area contributed by atoms with Crippen LogP contribution in [0.2, 0.25) is 0 Å². The van der Waals surface area contributed by atoms with Gasteiger partial charge in [-0.1, -0.05) is 42.5 Å². The third kappa shape index (κ3) is 6.69. The Hall–Kier alpha value is -1.27. The molecule has 24 heavy (non-hydrogen) atoms. The van der Waals surface area contributed by atoms with Crippen LogP contribution in [-0.2, 0) is 6.54 Å². The molecule has 3 rings (SSSR count). The van der Waals surface area contributed by atoms with Crippen molar-refractivity contribution >= 4 is 15.9 Å². The quantitative estimate of drug-likeness (QED) is 0.833. The summed E-state index contributed by atoms with van der Waals surface area (Å²) in [6, 6.07) is 17.5. The first kappa shape index (κ1) is 19.1. The Morgan fingerprint density at radius 3 is 2.46 bits per heavy atom. The molecule has 0 radical (unpaired) electrons. The smallest absolute Gasteiger partial charge is 0.137 e. The summed E-state index contributed by atoms with van der Waals surface area (Å²) in [5.41, 5.74) is 1.37. The maximum Gasteiger partial charge on any atom is 0.137 e. The fourth-order valence-electron chi connectivity index (χ4n) is 2.67. The first-order valence-corrected chi connectivity index (χ1v) is 8.99. The van der Waals surface area contributed by atoms with E-state index in [0.717, 1.165) is 32.6 Å². The van der Waals surface area contributed by atoms with Gasteiger partial charge in [0.1, 0.15) is 5.82 Å². The van der Waals surface area contributed by atoms with E-state index in [1.807, 2.05) is 0 Å². The molecule has 0 bridgehead atoms. The van der Waals surface area contributed by atoms with Crippen molar-refractivity contribution in [1.82, 2.24) is 10.2 Å². The van der Waals surface area contributed by atoms with Crippen LogP contribution in [0.15, 0.2) is 59.1 Å². The highest BCUT2D eigenvalue weighted by atomic mass is 79.9. The molecule has 2 N–H and O–H groups in total. The molecule has 2 aromatic rings. The number of aliphatic hydroxyl groups is 1. The van der Waals surface area contributed by atoms with Crippen molar-refractivity contribution in [3.63, 3.8) is 0 Å². The zero-order valence-corrected chi connectivity index (χ0v) is 15.3. The van der Waals surface area contributed by atoms with Gasteiger partial charge in [0.2, 0.25) is 0 Å². The molecule has 1 saturated heterocycles. The molecular formula is C19H24BrFN2O. The van der Waals surface area contributed by atoms with Crippen molar-refractivity contribution in [3.05, 3.63) is 70.5 Å². The number of nitrogens with zero attached hydrogens (tertiary/aromatic N) is 1. The number of rotatable bonds is 4. The zero-order valence-electron chi connectivity index (χ0n) is 13.7. The van der Waals surface area contributed by atoms with Crippen LogP contribution in [0.4, 0.5) is 4.39 Å². The van der Waals surface area contributed by atoms with Crippen LogP contribution in [0.5, 0.6) is 0 Å². The Morgan fingerprint density at radius 2 is 1.83 bits per heavy atom. The molecule has 130 valence electrons. The lowest BCUT2D eigenvalue weighted by Crippen LogP contribution is -2.50. The highest BCUT2D eigenvalue weighted by Gasteiger charge is 2.18. The van der Waals surface area contributed by atoms with Crippen LogP contribution in [0.3, 0.4) is 0 Å². The Morgan fingerprint density at radius 1 is 1.12 bits per heavy atom. The molecule has 3 nitrogen and oxygen atoms in total. The minimum absolute atomic E-state index is 0.215. The predicted molar refractivity (Wildman–Crippen MR) is 99.3 cm³/mol. The minimum Gasteiger partial charge on any atom is -0.396 e. The molecular weight excluding hydrogens is 371 g/mol. The number of hydrogen-bond acceptors (Lipinski definition) is 3. The Labute approximate surface area is 151 Å². The van der Waals surface area contributed by atoms with Crippen LogP contribution < -0.4 is 5.32 Å².